The summed E-state index contributed by atoms with van der Waals surface area (Å²) >= 11 is 0. The summed E-state index contributed by atoms with van der Waals surface area (Å²) in [6, 6.07) is 4.70. The van der Waals surface area contributed by atoms with E-state index in [1.165, 1.54) is 0 Å². The van der Waals surface area contributed by atoms with Crippen LogP contribution in [0.5, 0.6) is 0 Å². The van der Waals surface area contributed by atoms with Gasteiger partial charge in [-0.15, -0.1) is 0 Å². The summed E-state index contributed by atoms with van der Waals surface area (Å²) in [5.74, 6) is -3.13. The molecule has 96 valence electrons. The first-order valence-corrected chi connectivity index (χ1v) is 5.72. The van der Waals surface area contributed by atoms with Gasteiger partial charge in [0.05, 0.1) is 6.07 Å². The van der Waals surface area contributed by atoms with Crippen molar-refractivity contribution < 1.29 is 13.6 Å². The van der Waals surface area contributed by atoms with Gasteiger partial charge in [0.2, 0.25) is 0 Å². The molecule has 1 aromatic rings. The Balaban J connectivity index is 3.20. The molecule has 0 N–H and O–H groups in total. The van der Waals surface area contributed by atoms with Crippen molar-refractivity contribution in [1.82, 2.24) is 0 Å². The number of hydrogen-bond acceptors (Lipinski definition) is 2. The van der Waals surface area contributed by atoms with Crippen LogP contribution in [0.3, 0.4) is 0 Å². The highest BCUT2D eigenvalue weighted by atomic mass is 19.1. The van der Waals surface area contributed by atoms with E-state index in [0.717, 1.165) is 12.1 Å². The highest BCUT2D eigenvalue weighted by Crippen LogP contribution is 2.31. The largest absolute Gasteiger partial charge is 0.297 e. The summed E-state index contributed by atoms with van der Waals surface area (Å²) in [6.07, 6.45) is 0.548. The molecular formula is C14H15F2NO. The molecule has 0 saturated carbocycles. The number of halogens is 2. The number of benzene rings is 1. The molecule has 4 heteroatoms. The van der Waals surface area contributed by atoms with Crippen LogP contribution in [-0.2, 0) is 4.79 Å². The van der Waals surface area contributed by atoms with Gasteiger partial charge in [-0.25, -0.2) is 8.78 Å². The molecule has 1 atom stereocenters. The van der Waals surface area contributed by atoms with E-state index in [9.17, 15) is 13.6 Å². The van der Waals surface area contributed by atoms with Gasteiger partial charge >= 0.3 is 0 Å². The number of rotatable bonds is 4. The van der Waals surface area contributed by atoms with Crippen molar-refractivity contribution in [2.45, 2.75) is 33.1 Å². The quantitative estimate of drug-likeness (QED) is 0.820. The van der Waals surface area contributed by atoms with E-state index in [1.807, 2.05) is 6.92 Å². The maximum Gasteiger partial charge on any atom is 0.160 e. The first kappa shape index (κ1) is 14.3. The lowest BCUT2D eigenvalue weighted by molar-refractivity contribution is -0.127. The Morgan fingerprint density at radius 2 is 2.06 bits per heavy atom. The molecule has 0 aliphatic carbocycles. The highest BCUT2D eigenvalue weighted by molar-refractivity contribution is 5.92. The van der Waals surface area contributed by atoms with E-state index in [2.05, 4.69) is 0 Å². The average molecular weight is 251 g/mol. The molecule has 1 unspecified atom stereocenters. The van der Waals surface area contributed by atoms with Crippen molar-refractivity contribution in [1.29, 1.82) is 5.26 Å². The normalized spacial score (nSPS) is 12.9. The molecule has 0 aliphatic rings. The molecule has 18 heavy (non-hydrogen) atoms. The highest BCUT2D eigenvalue weighted by Gasteiger charge is 2.34. The first-order chi connectivity index (χ1) is 8.33. The summed E-state index contributed by atoms with van der Waals surface area (Å²) in [6.45, 7) is 5.25. The van der Waals surface area contributed by atoms with Crippen LogP contribution < -0.4 is 0 Å². The molecule has 0 radical (unpaired) electrons. The lowest BCUT2D eigenvalue weighted by Crippen LogP contribution is -2.29. The lowest BCUT2D eigenvalue weighted by atomic mass is 9.77. The van der Waals surface area contributed by atoms with Gasteiger partial charge in [0.1, 0.15) is 17.6 Å². The SMILES string of the molecule is CCC(C)(C)C(=O)C(C#N)c1ccc(F)cc1F. The monoisotopic (exact) mass is 251 g/mol. The molecule has 0 fully saturated rings. The van der Waals surface area contributed by atoms with Gasteiger partial charge in [-0.3, -0.25) is 4.79 Å². The minimum atomic E-state index is -1.19. The molecule has 0 spiro atoms. The molecular weight excluding hydrogens is 236 g/mol. The standard InChI is InChI=1S/C14H15F2NO/c1-4-14(2,3)13(18)11(8-17)10-6-5-9(15)7-12(10)16/h5-7,11H,4H2,1-3H3. The zero-order valence-corrected chi connectivity index (χ0v) is 10.6. The van der Waals surface area contributed by atoms with Crippen LogP contribution in [0.25, 0.3) is 0 Å². The Morgan fingerprint density at radius 1 is 1.44 bits per heavy atom. The number of hydrogen-bond donors (Lipinski definition) is 0. The predicted octanol–water partition coefficient (Wildman–Crippen LogP) is 3.58. The molecule has 0 bridgehead atoms. The Labute approximate surface area is 105 Å². The number of carbonyl (C=O) groups excluding carboxylic acids is 1. The summed E-state index contributed by atoms with van der Waals surface area (Å²) < 4.78 is 26.4. The molecule has 0 aliphatic heterocycles. The number of carbonyl (C=O) groups is 1. The zero-order chi connectivity index (χ0) is 13.9. The van der Waals surface area contributed by atoms with E-state index in [1.54, 1.807) is 19.9 Å². The predicted molar refractivity (Wildman–Crippen MR) is 63.8 cm³/mol. The van der Waals surface area contributed by atoms with E-state index in [4.69, 9.17) is 5.26 Å². The fraction of sp³-hybridized carbons (Fsp3) is 0.429. The van der Waals surface area contributed by atoms with Crippen LogP contribution >= 0.6 is 0 Å². The molecule has 2 nitrogen and oxygen atoms in total. The third-order valence-corrected chi connectivity index (χ3v) is 3.22. The van der Waals surface area contributed by atoms with Crippen LogP contribution in [0.1, 0.15) is 38.7 Å². The van der Waals surface area contributed by atoms with E-state index in [0.29, 0.717) is 12.5 Å². The first-order valence-electron chi connectivity index (χ1n) is 5.72. The van der Waals surface area contributed by atoms with Crippen molar-refractivity contribution in [2.75, 3.05) is 0 Å². The van der Waals surface area contributed by atoms with Crippen LogP contribution in [0.2, 0.25) is 0 Å². The second-order valence-electron chi connectivity index (χ2n) is 4.83. The Kier molecular flexibility index (Phi) is 4.18. The number of nitriles is 1. The van der Waals surface area contributed by atoms with Crippen LogP contribution in [-0.4, -0.2) is 5.78 Å². The van der Waals surface area contributed by atoms with Gasteiger partial charge in [-0.05, 0) is 12.5 Å². The summed E-state index contributed by atoms with van der Waals surface area (Å²) in [7, 11) is 0. The van der Waals surface area contributed by atoms with Crippen LogP contribution in [0.4, 0.5) is 8.78 Å². The van der Waals surface area contributed by atoms with Crippen LogP contribution in [0.15, 0.2) is 18.2 Å². The number of nitrogens with zero attached hydrogens (tertiary/aromatic N) is 1. The van der Waals surface area contributed by atoms with Crippen molar-refractivity contribution in [2.24, 2.45) is 5.41 Å². The van der Waals surface area contributed by atoms with Crippen molar-refractivity contribution >= 4 is 5.78 Å². The molecule has 1 aromatic carbocycles. The minimum absolute atomic E-state index is 0.0644. The van der Waals surface area contributed by atoms with E-state index < -0.39 is 23.0 Å². The molecule has 0 saturated heterocycles. The minimum Gasteiger partial charge on any atom is -0.297 e. The topological polar surface area (TPSA) is 40.9 Å². The summed E-state index contributed by atoms with van der Waals surface area (Å²) in [5.41, 5.74) is -0.772. The average Bonchev–Trinajstić information content (AvgIpc) is 2.32. The fourth-order valence-corrected chi connectivity index (χ4v) is 1.57. The van der Waals surface area contributed by atoms with Gasteiger partial charge in [-0.1, -0.05) is 26.8 Å². The van der Waals surface area contributed by atoms with Gasteiger partial charge in [-0.2, -0.15) is 5.26 Å². The van der Waals surface area contributed by atoms with Crippen molar-refractivity contribution in [3.05, 3.63) is 35.4 Å². The van der Waals surface area contributed by atoms with Gasteiger partial charge < -0.3 is 0 Å². The van der Waals surface area contributed by atoms with Gasteiger partial charge in [0.15, 0.2) is 5.78 Å². The van der Waals surface area contributed by atoms with E-state index >= 15 is 0 Å². The molecule has 1 rings (SSSR count). The van der Waals surface area contributed by atoms with Crippen molar-refractivity contribution in [3.63, 3.8) is 0 Å². The molecule has 0 heterocycles. The Morgan fingerprint density at radius 3 is 2.50 bits per heavy atom. The summed E-state index contributed by atoms with van der Waals surface area (Å²) in [4.78, 5) is 12.2. The summed E-state index contributed by atoms with van der Waals surface area (Å²) in [5, 5.41) is 9.07. The van der Waals surface area contributed by atoms with Crippen LogP contribution in [0, 0.1) is 28.4 Å². The maximum absolute atomic E-state index is 13.6. The van der Waals surface area contributed by atoms with Crippen molar-refractivity contribution in [3.8, 4) is 6.07 Å². The lowest BCUT2D eigenvalue weighted by Gasteiger charge is -2.24. The van der Waals surface area contributed by atoms with Gasteiger partial charge in [0, 0.05) is 17.0 Å². The number of ketones is 1. The molecule has 0 aromatic heterocycles. The smallest absolute Gasteiger partial charge is 0.160 e. The maximum atomic E-state index is 13.6. The van der Waals surface area contributed by atoms with E-state index in [-0.39, 0.29) is 11.3 Å². The molecule has 0 amide bonds. The second kappa shape index (κ2) is 5.26. The van der Waals surface area contributed by atoms with Gasteiger partial charge in [0.25, 0.3) is 0 Å². The Hall–Kier alpha value is -1.76. The third kappa shape index (κ3) is 2.73. The Bertz CT molecular complexity index is 503. The number of Topliss-reactive ketones (excluding diaryl/α,β-unsaturated/α-hetero) is 1. The second-order valence-corrected chi connectivity index (χ2v) is 4.83. The zero-order valence-electron chi connectivity index (χ0n) is 10.6. The fourth-order valence-electron chi connectivity index (χ4n) is 1.57. The third-order valence-electron chi connectivity index (χ3n) is 3.22.